The first-order valence-corrected chi connectivity index (χ1v) is 6.23. The fourth-order valence-electron chi connectivity index (χ4n) is 2.65. The van der Waals surface area contributed by atoms with Crippen molar-refractivity contribution in [2.75, 3.05) is 5.32 Å². The maximum Gasteiger partial charge on any atom is 0.329 e. The Balaban J connectivity index is 2.17. The number of rotatable bonds is 4. The highest BCUT2D eigenvalue weighted by Gasteiger charge is 2.44. The predicted molar refractivity (Wildman–Crippen MR) is 68.1 cm³/mol. The van der Waals surface area contributed by atoms with Crippen LogP contribution in [0.5, 0.6) is 0 Å². The molecule has 1 saturated carbocycles. The van der Waals surface area contributed by atoms with Crippen LogP contribution in [-0.4, -0.2) is 16.6 Å². The number of aliphatic carboxylic acids is 1. The molecule has 1 aliphatic rings. The Bertz CT molecular complexity index is 390. The monoisotopic (exact) mass is 233 g/mol. The number of carboxylic acids is 1. The predicted octanol–water partition coefficient (Wildman–Crippen LogP) is 3.13. The first-order valence-electron chi connectivity index (χ1n) is 6.23. The summed E-state index contributed by atoms with van der Waals surface area (Å²) in [5.74, 6) is -0.195. The van der Waals surface area contributed by atoms with E-state index in [2.05, 4.69) is 12.2 Å². The molecule has 1 fully saturated rings. The fraction of sp³-hybridized carbons (Fsp3) is 0.500. The van der Waals surface area contributed by atoms with E-state index < -0.39 is 11.5 Å². The van der Waals surface area contributed by atoms with Gasteiger partial charge in [-0.3, -0.25) is 0 Å². The summed E-state index contributed by atoms with van der Waals surface area (Å²) in [6.07, 6.45) is 3.51. The molecule has 0 amide bonds. The van der Waals surface area contributed by atoms with Crippen molar-refractivity contribution in [3.8, 4) is 0 Å². The van der Waals surface area contributed by atoms with Crippen molar-refractivity contribution in [2.24, 2.45) is 5.92 Å². The minimum absolute atomic E-state index is 0.530. The molecule has 92 valence electrons. The van der Waals surface area contributed by atoms with E-state index in [1.54, 1.807) is 0 Å². The largest absolute Gasteiger partial charge is 0.480 e. The molecule has 2 atom stereocenters. The molecular weight excluding hydrogens is 214 g/mol. The highest BCUT2D eigenvalue weighted by molar-refractivity contribution is 5.83. The van der Waals surface area contributed by atoms with Gasteiger partial charge in [0, 0.05) is 5.69 Å². The number of nitrogens with one attached hydrogen (secondary N) is 1. The molecule has 1 aromatic carbocycles. The summed E-state index contributed by atoms with van der Waals surface area (Å²) in [6, 6.07) is 9.62. The van der Waals surface area contributed by atoms with Gasteiger partial charge in [-0.1, -0.05) is 31.5 Å². The summed E-state index contributed by atoms with van der Waals surface area (Å²) in [7, 11) is 0. The summed E-state index contributed by atoms with van der Waals surface area (Å²) in [6.45, 7) is 2.13. The standard InChI is InChI=1S/C14H19NO2/c1-2-11-8-9-14(10-11,13(16)17)15-12-6-4-3-5-7-12/h3-7,11,15H,2,8-10H2,1H3,(H,16,17). The number of anilines is 1. The Morgan fingerprint density at radius 1 is 1.47 bits per heavy atom. The van der Waals surface area contributed by atoms with Crippen molar-refractivity contribution in [3.05, 3.63) is 30.3 Å². The molecule has 2 rings (SSSR count). The second-order valence-corrected chi connectivity index (χ2v) is 4.90. The molecule has 1 aliphatic carbocycles. The molecule has 2 unspecified atom stereocenters. The van der Waals surface area contributed by atoms with Crippen LogP contribution in [0.1, 0.15) is 32.6 Å². The summed E-state index contributed by atoms with van der Waals surface area (Å²) in [5, 5.41) is 12.7. The molecule has 0 heterocycles. The van der Waals surface area contributed by atoms with Crippen molar-refractivity contribution in [1.82, 2.24) is 0 Å². The Morgan fingerprint density at radius 3 is 2.71 bits per heavy atom. The van der Waals surface area contributed by atoms with Gasteiger partial charge in [0.25, 0.3) is 0 Å². The SMILES string of the molecule is CCC1CCC(Nc2ccccc2)(C(=O)O)C1. The molecule has 0 radical (unpaired) electrons. The highest BCUT2D eigenvalue weighted by Crippen LogP contribution is 2.38. The lowest BCUT2D eigenvalue weighted by atomic mass is 9.94. The number of para-hydroxylation sites is 1. The number of carboxylic acid groups (broad SMARTS) is 1. The molecule has 2 N–H and O–H groups in total. The number of carbonyl (C=O) groups is 1. The van der Waals surface area contributed by atoms with E-state index in [1.807, 2.05) is 30.3 Å². The molecule has 0 aromatic heterocycles. The van der Waals surface area contributed by atoms with Crippen LogP contribution in [0.2, 0.25) is 0 Å². The zero-order valence-corrected chi connectivity index (χ0v) is 10.1. The van der Waals surface area contributed by atoms with E-state index in [-0.39, 0.29) is 0 Å². The van der Waals surface area contributed by atoms with Gasteiger partial charge in [-0.05, 0) is 37.3 Å². The van der Waals surface area contributed by atoms with Gasteiger partial charge in [-0.25, -0.2) is 4.79 Å². The van der Waals surface area contributed by atoms with Gasteiger partial charge >= 0.3 is 5.97 Å². The molecule has 1 aromatic rings. The average molecular weight is 233 g/mol. The lowest BCUT2D eigenvalue weighted by Gasteiger charge is -2.27. The third-order valence-corrected chi connectivity index (χ3v) is 3.76. The van der Waals surface area contributed by atoms with Crippen LogP contribution in [-0.2, 0) is 4.79 Å². The maximum atomic E-state index is 11.5. The minimum atomic E-state index is -0.762. The van der Waals surface area contributed by atoms with E-state index in [0.717, 1.165) is 31.4 Å². The Morgan fingerprint density at radius 2 is 2.18 bits per heavy atom. The van der Waals surface area contributed by atoms with Crippen LogP contribution < -0.4 is 5.32 Å². The van der Waals surface area contributed by atoms with Gasteiger partial charge in [-0.2, -0.15) is 0 Å². The van der Waals surface area contributed by atoms with Gasteiger partial charge in [0.1, 0.15) is 5.54 Å². The molecule has 0 bridgehead atoms. The highest BCUT2D eigenvalue weighted by atomic mass is 16.4. The minimum Gasteiger partial charge on any atom is -0.480 e. The van der Waals surface area contributed by atoms with Crippen LogP contribution in [0.3, 0.4) is 0 Å². The maximum absolute atomic E-state index is 11.5. The van der Waals surface area contributed by atoms with Crippen molar-refractivity contribution in [1.29, 1.82) is 0 Å². The lowest BCUT2D eigenvalue weighted by molar-refractivity contribution is -0.142. The smallest absolute Gasteiger partial charge is 0.329 e. The van der Waals surface area contributed by atoms with Crippen molar-refractivity contribution in [2.45, 2.75) is 38.1 Å². The van der Waals surface area contributed by atoms with Gasteiger partial charge in [0.2, 0.25) is 0 Å². The Labute approximate surface area is 102 Å². The molecule has 0 spiro atoms. The Kier molecular flexibility index (Phi) is 3.36. The second-order valence-electron chi connectivity index (χ2n) is 4.90. The van der Waals surface area contributed by atoms with Crippen LogP contribution in [0, 0.1) is 5.92 Å². The topological polar surface area (TPSA) is 49.3 Å². The summed E-state index contributed by atoms with van der Waals surface area (Å²) >= 11 is 0. The first kappa shape index (κ1) is 12.0. The Hall–Kier alpha value is -1.51. The van der Waals surface area contributed by atoms with Crippen LogP contribution in [0.4, 0.5) is 5.69 Å². The van der Waals surface area contributed by atoms with Crippen molar-refractivity contribution in [3.63, 3.8) is 0 Å². The molecule has 17 heavy (non-hydrogen) atoms. The lowest BCUT2D eigenvalue weighted by Crippen LogP contribution is -2.44. The number of hydrogen-bond acceptors (Lipinski definition) is 2. The third kappa shape index (κ3) is 2.43. The van der Waals surface area contributed by atoms with Gasteiger partial charge in [0.15, 0.2) is 0 Å². The number of benzene rings is 1. The molecular formula is C14H19NO2. The van der Waals surface area contributed by atoms with Gasteiger partial charge in [-0.15, -0.1) is 0 Å². The average Bonchev–Trinajstić information content (AvgIpc) is 2.75. The molecule has 0 saturated heterocycles. The summed E-state index contributed by atoms with van der Waals surface area (Å²) < 4.78 is 0. The quantitative estimate of drug-likeness (QED) is 0.840. The van der Waals surface area contributed by atoms with Crippen molar-refractivity contribution < 1.29 is 9.90 Å². The van der Waals surface area contributed by atoms with Gasteiger partial charge < -0.3 is 10.4 Å². The molecule has 3 nitrogen and oxygen atoms in total. The van der Waals surface area contributed by atoms with Crippen LogP contribution >= 0.6 is 0 Å². The van der Waals surface area contributed by atoms with Crippen LogP contribution in [0.15, 0.2) is 30.3 Å². The van der Waals surface area contributed by atoms with E-state index in [0.29, 0.717) is 5.92 Å². The second kappa shape index (κ2) is 4.78. The van der Waals surface area contributed by atoms with E-state index in [4.69, 9.17) is 0 Å². The van der Waals surface area contributed by atoms with Crippen LogP contribution in [0.25, 0.3) is 0 Å². The third-order valence-electron chi connectivity index (χ3n) is 3.76. The zero-order chi connectivity index (χ0) is 12.3. The first-order chi connectivity index (χ1) is 8.16. The fourth-order valence-corrected chi connectivity index (χ4v) is 2.65. The molecule has 0 aliphatic heterocycles. The summed E-state index contributed by atoms with van der Waals surface area (Å²) in [5.41, 5.74) is 0.133. The van der Waals surface area contributed by atoms with E-state index >= 15 is 0 Å². The number of hydrogen-bond donors (Lipinski definition) is 2. The van der Waals surface area contributed by atoms with E-state index in [1.165, 1.54) is 0 Å². The van der Waals surface area contributed by atoms with Gasteiger partial charge in [0.05, 0.1) is 0 Å². The van der Waals surface area contributed by atoms with E-state index in [9.17, 15) is 9.90 Å². The zero-order valence-electron chi connectivity index (χ0n) is 10.1. The van der Waals surface area contributed by atoms with Crippen molar-refractivity contribution >= 4 is 11.7 Å². The molecule has 3 heteroatoms. The normalized spacial score (nSPS) is 27.9. The summed E-state index contributed by atoms with van der Waals surface area (Å²) in [4.78, 5) is 11.5.